The second-order valence-corrected chi connectivity index (χ2v) is 9.47. The molecule has 1 aliphatic rings. The summed E-state index contributed by atoms with van der Waals surface area (Å²) in [7, 11) is 1.65. The van der Waals surface area contributed by atoms with Gasteiger partial charge in [0.2, 0.25) is 0 Å². The van der Waals surface area contributed by atoms with E-state index in [0.29, 0.717) is 25.2 Å². The molecule has 1 aliphatic heterocycles. The summed E-state index contributed by atoms with van der Waals surface area (Å²) in [5.41, 5.74) is 2.14. The van der Waals surface area contributed by atoms with Crippen LogP contribution >= 0.6 is 0 Å². The number of Topliss-reactive ketones (excluding diaryl/α,β-unsaturated/α-hetero) is 1. The molecule has 1 heterocycles. The first kappa shape index (κ1) is 26.0. The molecule has 34 heavy (non-hydrogen) atoms. The molecule has 184 valence electrons. The number of aryl methyl sites for hydroxylation is 1. The molecule has 0 spiro atoms. The maximum absolute atomic E-state index is 13.4. The number of carbonyl (C=O) groups is 2. The first-order valence-corrected chi connectivity index (χ1v) is 12.5. The van der Waals surface area contributed by atoms with Crippen LogP contribution in [-0.2, 0) is 27.3 Å². The summed E-state index contributed by atoms with van der Waals surface area (Å²) in [6.07, 6.45) is 3.19. The lowest BCUT2D eigenvalue weighted by Gasteiger charge is -2.38. The highest BCUT2D eigenvalue weighted by Gasteiger charge is 2.47. The van der Waals surface area contributed by atoms with E-state index in [-0.39, 0.29) is 18.4 Å². The molecule has 1 unspecified atom stereocenters. The molecule has 2 aromatic rings. The van der Waals surface area contributed by atoms with Gasteiger partial charge in [-0.3, -0.25) is 14.5 Å². The van der Waals surface area contributed by atoms with Crippen molar-refractivity contribution >= 4 is 11.8 Å². The highest BCUT2D eigenvalue weighted by Crippen LogP contribution is 2.39. The number of esters is 1. The zero-order valence-electron chi connectivity index (χ0n) is 21.1. The van der Waals surface area contributed by atoms with E-state index in [1.165, 1.54) is 5.56 Å². The average Bonchev–Trinajstić information content (AvgIpc) is 2.85. The predicted octanol–water partition coefficient (Wildman–Crippen LogP) is 5.38. The largest absolute Gasteiger partial charge is 0.496 e. The Morgan fingerprint density at radius 2 is 1.74 bits per heavy atom. The third-order valence-corrected chi connectivity index (χ3v) is 7.08. The minimum atomic E-state index is -1.14. The average molecular weight is 466 g/mol. The van der Waals surface area contributed by atoms with Crippen LogP contribution in [0.15, 0.2) is 48.5 Å². The molecule has 0 amide bonds. The van der Waals surface area contributed by atoms with Gasteiger partial charge in [-0.1, -0.05) is 49.4 Å². The van der Waals surface area contributed by atoms with Gasteiger partial charge in [0.1, 0.15) is 16.9 Å². The number of carbonyl (C=O) groups excluding carboxylic acids is 2. The third-order valence-electron chi connectivity index (χ3n) is 7.08. The fraction of sp³-hybridized carbons (Fsp3) is 0.517. The number of ketones is 1. The summed E-state index contributed by atoms with van der Waals surface area (Å²) in [6, 6.07) is 16.4. The number of nitrogens with zero attached hydrogens (tertiary/aromatic N) is 1. The molecule has 0 N–H and O–H groups in total. The minimum Gasteiger partial charge on any atom is -0.496 e. The number of hydrogen-bond acceptors (Lipinski definition) is 5. The first-order valence-electron chi connectivity index (χ1n) is 12.5. The quantitative estimate of drug-likeness (QED) is 0.330. The van der Waals surface area contributed by atoms with Gasteiger partial charge in [0, 0.05) is 13.0 Å². The van der Waals surface area contributed by atoms with Gasteiger partial charge in [0.15, 0.2) is 0 Å². The van der Waals surface area contributed by atoms with E-state index >= 15 is 0 Å². The zero-order valence-corrected chi connectivity index (χ0v) is 21.1. The van der Waals surface area contributed by atoms with Crippen molar-refractivity contribution < 1.29 is 19.1 Å². The molecule has 0 aromatic heterocycles. The van der Waals surface area contributed by atoms with Crippen molar-refractivity contribution in [3.63, 3.8) is 0 Å². The minimum absolute atomic E-state index is 0.0221. The van der Waals surface area contributed by atoms with E-state index in [1.54, 1.807) is 14.0 Å². The van der Waals surface area contributed by atoms with E-state index in [4.69, 9.17) is 9.47 Å². The summed E-state index contributed by atoms with van der Waals surface area (Å²) in [4.78, 5) is 29.2. The number of hydrogen-bond donors (Lipinski definition) is 0. The Labute approximate surface area is 204 Å². The van der Waals surface area contributed by atoms with Crippen LogP contribution in [0.5, 0.6) is 5.75 Å². The van der Waals surface area contributed by atoms with Crippen LogP contribution in [0.2, 0.25) is 0 Å². The SMILES string of the molecule is CCOC(=O)C(Cc1ccc(OC)c(C)c1)(CC1CCN(Cc2ccccc2)CC1)C(=O)CC. The molecule has 0 radical (unpaired) electrons. The van der Waals surface area contributed by atoms with Crippen molar-refractivity contribution in [2.24, 2.45) is 11.3 Å². The Kier molecular flexibility index (Phi) is 9.28. The van der Waals surface area contributed by atoms with Crippen molar-refractivity contribution in [3.8, 4) is 5.75 Å². The molecular formula is C29H39NO4. The maximum atomic E-state index is 13.4. The number of benzene rings is 2. The van der Waals surface area contributed by atoms with Crippen molar-refractivity contribution in [2.75, 3.05) is 26.8 Å². The highest BCUT2D eigenvalue weighted by molar-refractivity contribution is 6.04. The van der Waals surface area contributed by atoms with Crippen LogP contribution in [0.1, 0.15) is 56.2 Å². The lowest BCUT2D eigenvalue weighted by Crippen LogP contribution is -2.45. The standard InChI is InChI=1S/C29H39NO4/c1-5-27(31)29(28(32)34-6-2,20-25-12-13-26(33-4)22(3)18-25)19-23-14-16-30(17-15-23)21-24-10-8-7-9-11-24/h7-13,18,23H,5-6,14-17,19-21H2,1-4H3. The molecule has 2 aromatic carbocycles. The van der Waals surface area contributed by atoms with Crippen molar-refractivity contribution in [1.82, 2.24) is 4.90 Å². The third kappa shape index (κ3) is 6.26. The maximum Gasteiger partial charge on any atom is 0.319 e. The molecule has 1 saturated heterocycles. The summed E-state index contributed by atoms with van der Waals surface area (Å²) in [6.45, 7) is 8.79. The lowest BCUT2D eigenvalue weighted by atomic mass is 9.69. The molecule has 3 rings (SSSR count). The van der Waals surface area contributed by atoms with E-state index in [2.05, 4.69) is 29.2 Å². The van der Waals surface area contributed by atoms with Gasteiger partial charge in [0.05, 0.1) is 13.7 Å². The Balaban J connectivity index is 1.78. The van der Waals surface area contributed by atoms with Crippen LogP contribution in [0.25, 0.3) is 0 Å². The summed E-state index contributed by atoms with van der Waals surface area (Å²) in [5.74, 6) is 0.720. The smallest absolute Gasteiger partial charge is 0.319 e. The van der Waals surface area contributed by atoms with Crippen LogP contribution in [-0.4, -0.2) is 43.5 Å². The summed E-state index contributed by atoms with van der Waals surface area (Å²) < 4.78 is 10.9. The topological polar surface area (TPSA) is 55.8 Å². The Morgan fingerprint density at radius 1 is 1.03 bits per heavy atom. The Morgan fingerprint density at radius 3 is 2.32 bits per heavy atom. The molecular weight excluding hydrogens is 426 g/mol. The van der Waals surface area contributed by atoms with Crippen LogP contribution in [0.4, 0.5) is 0 Å². The van der Waals surface area contributed by atoms with Gasteiger partial charge >= 0.3 is 5.97 Å². The van der Waals surface area contributed by atoms with Crippen molar-refractivity contribution in [2.45, 2.75) is 59.4 Å². The van der Waals surface area contributed by atoms with Gasteiger partial charge in [-0.05, 0) is 81.3 Å². The molecule has 5 heteroatoms. The Bertz CT molecular complexity index is 950. The van der Waals surface area contributed by atoms with E-state index in [1.807, 2.05) is 38.1 Å². The zero-order chi connectivity index (χ0) is 24.6. The summed E-state index contributed by atoms with van der Waals surface area (Å²) >= 11 is 0. The number of rotatable bonds is 11. The molecule has 1 atom stereocenters. The van der Waals surface area contributed by atoms with Crippen molar-refractivity contribution in [3.05, 3.63) is 65.2 Å². The van der Waals surface area contributed by atoms with Gasteiger partial charge in [-0.25, -0.2) is 0 Å². The predicted molar refractivity (Wildman–Crippen MR) is 135 cm³/mol. The van der Waals surface area contributed by atoms with Crippen LogP contribution in [0.3, 0.4) is 0 Å². The highest BCUT2D eigenvalue weighted by atomic mass is 16.5. The lowest BCUT2D eigenvalue weighted by molar-refractivity contribution is -0.162. The van der Waals surface area contributed by atoms with E-state index in [0.717, 1.165) is 49.4 Å². The van der Waals surface area contributed by atoms with Crippen LogP contribution in [0, 0.1) is 18.3 Å². The first-order chi connectivity index (χ1) is 16.4. The van der Waals surface area contributed by atoms with Gasteiger partial charge in [0.25, 0.3) is 0 Å². The number of piperidine rings is 1. The second-order valence-electron chi connectivity index (χ2n) is 9.47. The summed E-state index contributed by atoms with van der Waals surface area (Å²) in [5, 5.41) is 0. The molecule has 0 aliphatic carbocycles. The molecule has 1 fully saturated rings. The number of likely N-dealkylation sites (tertiary alicyclic amines) is 1. The van der Waals surface area contributed by atoms with Gasteiger partial charge < -0.3 is 9.47 Å². The fourth-order valence-electron chi connectivity index (χ4n) is 5.24. The van der Waals surface area contributed by atoms with Gasteiger partial charge in [-0.15, -0.1) is 0 Å². The van der Waals surface area contributed by atoms with E-state index in [9.17, 15) is 9.59 Å². The number of methoxy groups -OCH3 is 1. The Hall–Kier alpha value is -2.66. The van der Waals surface area contributed by atoms with Crippen molar-refractivity contribution in [1.29, 1.82) is 0 Å². The molecule has 0 saturated carbocycles. The fourth-order valence-corrected chi connectivity index (χ4v) is 5.24. The molecule has 5 nitrogen and oxygen atoms in total. The van der Waals surface area contributed by atoms with Crippen LogP contribution < -0.4 is 4.74 Å². The van der Waals surface area contributed by atoms with E-state index < -0.39 is 5.41 Å². The molecule has 0 bridgehead atoms. The monoisotopic (exact) mass is 465 g/mol. The normalized spacial score (nSPS) is 16.6. The second kappa shape index (κ2) is 12.2. The van der Waals surface area contributed by atoms with Gasteiger partial charge in [-0.2, -0.15) is 0 Å². The number of ether oxygens (including phenoxy) is 2.